The van der Waals surface area contributed by atoms with Crippen molar-refractivity contribution in [3.63, 3.8) is 0 Å². The van der Waals surface area contributed by atoms with Gasteiger partial charge < -0.3 is 11.1 Å². The molecule has 0 saturated heterocycles. The van der Waals surface area contributed by atoms with Crippen molar-refractivity contribution < 1.29 is 13.2 Å². The van der Waals surface area contributed by atoms with Gasteiger partial charge in [0.05, 0.1) is 5.69 Å². The van der Waals surface area contributed by atoms with E-state index in [9.17, 15) is 13.2 Å². The summed E-state index contributed by atoms with van der Waals surface area (Å²) in [4.78, 5) is 11.3. The summed E-state index contributed by atoms with van der Waals surface area (Å²) in [5.74, 6) is -1.14. The molecule has 5 nitrogen and oxygen atoms in total. The van der Waals surface area contributed by atoms with Crippen molar-refractivity contribution in [3.05, 3.63) is 22.7 Å². The molecule has 1 amide bonds. The number of carbonyl (C=O) groups excluding carboxylic acids is 1. The van der Waals surface area contributed by atoms with Gasteiger partial charge in [0.25, 0.3) is 0 Å². The quantitative estimate of drug-likeness (QED) is 0.816. The van der Waals surface area contributed by atoms with Gasteiger partial charge in [-0.15, -0.1) is 0 Å². The predicted octanol–water partition coefficient (Wildman–Crippen LogP) is 1.01. The van der Waals surface area contributed by atoms with Crippen LogP contribution in [0.2, 0.25) is 0 Å². The summed E-state index contributed by atoms with van der Waals surface area (Å²) in [6.45, 7) is 0. The monoisotopic (exact) mass is 306 g/mol. The second-order valence-electron chi connectivity index (χ2n) is 3.36. The smallest absolute Gasteiger partial charge is 0.239 e. The minimum Gasteiger partial charge on any atom is -0.399 e. The number of amides is 1. The third kappa shape index (κ3) is 4.19. The highest BCUT2D eigenvalue weighted by molar-refractivity contribution is 9.10. The van der Waals surface area contributed by atoms with Gasteiger partial charge in [-0.3, -0.25) is 4.79 Å². The lowest BCUT2D eigenvalue weighted by atomic mass is 10.3. The van der Waals surface area contributed by atoms with Crippen molar-refractivity contribution in [3.8, 4) is 0 Å². The molecule has 0 unspecified atom stereocenters. The summed E-state index contributed by atoms with van der Waals surface area (Å²) in [7, 11) is -3.33. The fraction of sp³-hybridized carbons (Fsp3) is 0.222. The number of sulfone groups is 1. The Morgan fingerprint density at radius 3 is 2.69 bits per heavy atom. The third-order valence-electron chi connectivity index (χ3n) is 1.66. The van der Waals surface area contributed by atoms with E-state index in [4.69, 9.17) is 5.73 Å². The van der Waals surface area contributed by atoms with Gasteiger partial charge in [-0.2, -0.15) is 0 Å². The fourth-order valence-corrected chi connectivity index (χ4v) is 1.96. The van der Waals surface area contributed by atoms with Gasteiger partial charge in [0.2, 0.25) is 5.91 Å². The summed E-state index contributed by atoms with van der Waals surface area (Å²) >= 11 is 3.22. The average Bonchev–Trinajstić information content (AvgIpc) is 2.08. The Labute approximate surface area is 102 Å². The number of benzene rings is 1. The van der Waals surface area contributed by atoms with Crippen LogP contribution in [0, 0.1) is 0 Å². The molecule has 0 spiro atoms. The topological polar surface area (TPSA) is 89.3 Å². The van der Waals surface area contributed by atoms with E-state index in [-0.39, 0.29) is 0 Å². The first kappa shape index (κ1) is 13.0. The van der Waals surface area contributed by atoms with Crippen molar-refractivity contribution in [2.24, 2.45) is 0 Å². The third-order valence-corrected chi connectivity index (χ3v) is 3.14. The lowest BCUT2D eigenvalue weighted by Gasteiger charge is -2.07. The van der Waals surface area contributed by atoms with E-state index < -0.39 is 21.5 Å². The van der Waals surface area contributed by atoms with Gasteiger partial charge in [0.15, 0.2) is 9.84 Å². The Hall–Kier alpha value is -1.08. The molecule has 1 rings (SSSR count). The summed E-state index contributed by atoms with van der Waals surface area (Å²) in [5.41, 5.74) is 6.48. The van der Waals surface area contributed by atoms with Gasteiger partial charge >= 0.3 is 0 Å². The van der Waals surface area contributed by atoms with Gasteiger partial charge in [-0.05, 0) is 34.1 Å². The molecule has 0 aliphatic heterocycles. The SMILES string of the molecule is CS(=O)(=O)CC(=O)Nc1cc(N)ccc1Br. The second-order valence-corrected chi connectivity index (χ2v) is 6.35. The molecule has 1 aromatic rings. The number of halogens is 1. The largest absolute Gasteiger partial charge is 0.399 e. The molecule has 3 N–H and O–H groups in total. The number of nitrogens with two attached hydrogens (primary N) is 1. The molecule has 88 valence electrons. The first-order valence-electron chi connectivity index (χ1n) is 4.30. The second kappa shape index (κ2) is 4.84. The van der Waals surface area contributed by atoms with E-state index in [1.807, 2.05) is 0 Å². The van der Waals surface area contributed by atoms with Crippen LogP contribution in [0.25, 0.3) is 0 Å². The van der Waals surface area contributed by atoms with Crippen LogP contribution >= 0.6 is 15.9 Å². The molecule has 0 bridgehead atoms. The highest BCUT2D eigenvalue weighted by Crippen LogP contribution is 2.24. The van der Waals surface area contributed by atoms with E-state index >= 15 is 0 Å². The molecule has 0 atom stereocenters. The molecule has 0 radical (unpaired) electrons. The van der Waals surface area contributed by atoms with Gasteiger partial charge in [-0.25, -0.2) is 8.42 Å². The zero-order valence-corrected chi connectivity index (χ0v) is 10.9. The predicted molar refractivity (Wildman–Crippen MR) is 66.9 cm³/mol. The lowest BCUT2D eigenvalue weighted by molar-refractivity contribution is -0.113. The molecular weight excluding hydrogens is 296 g/mol. The number of nitrogen functional groups attached to an aromatic ring is 1. The Balaban J connectivity index is 2.81. The van der Waals surface area contributed by atoms with E-state index in [1.54, 1.807) is 18.2 Å². The van der Waals surface area contributed by atoms with E-state index in [0.717, 1.165) is 6.26 Å². The fourth-order valence-electron chi connectivity index (χ4n) is 1.06. The first-order chi connectivity index (χ1) is 7.28. The van der Waals surface area contributed by atoms with Crippen LogP contribution in [0.15, 0.2) is 22.7 Å². The van der Waals surface area contributed by atoms with E-state index in [1.165, 1.54) is 0 Å². The van der Waals surface area contributed by atoms with Crippen molar-refractivity contribution in [1.82, 2.24) is 0 Å². The molecule has 0 aliphatic rings. The van der Waals surface area contributed by atoms with Crippen LogP contribution in [0.5, 0.6) is 0 Å². The molecule has 7 heteroatoms. The van der Waals surface area contributed by atoms with Crippen LogP contribution in [0.1, 0.15) is 0 Å². The number of hydrogen-bond acceptors (Lipinski definition) is 4. The summed E-state index contributed by atoms with van der Waals surface area (Å²) < 4.78 is 22.4. The van der Waals surface area contributed by atoms with Gasteiger partial charge in [0.1, 0.15) is 5.75 Å². The van der Waals surface area contributed by atoms with Gasteiger partial charge in [0, 0.05) is 16.4 Å². The molecule has 0 aliphatic carbocycles. The molecule has 0 fully saturated rings. The molecule has 1 aromatic carbocycles. The minimum atomic E-state index is -3.33. The maximum Gasteiger partial charge on any atom is 0.239 e. The highest BCUT2D eigenvalue weighted by Gasteiger charge is 2.12. The zero-order valence-electron chi connectivity index (χ0n) is 8.53. The number of hydrogen-bond donors (Lipinski definition) is 2. The van der Waals surface area contributed by atoms with Crippen molar-refractivity contribution in [2.75, 3.05) is 23.1 Å². The number of anilines is 2. The minimum absolute atomic E-state index is 0.452. The molecule has 16 heavy (non-hydrogen) atoms. The average molecular weight is 307 g/mol. The standard InChI is InChI=1S/C9H11BrN2O3S/c1-16(14,15)5-9(13)12-8-4-6(11)2-3-7(8)10/h2-4H,5,11H2,1H3,(H,12,13). The summed E-state index contributed by atoms with van der Waals surface area (Å²) in [5, 5.41) is 2.46. The molecule has 0 saturated carbocycles. The maximum atomic E-state index is 11.3. The van der Waals surface area contributed by atoms with Crippen LogP contribution in [-0.4, -0.2) is 26.3 Å². The number of nitrogens with one attached hydrogen (secondary N) is 1. The van der Waals surface area contributed by atoms with E-state index in [0.29, 0.717) is 15.8 Å². The first-order valence-corrected chi connectivity index (χ1v) is 7.16. The lowest BCUT2D eigenvalue weighted by Crippen LogP contribution is -2.22. The zero-order chi connectivity index (χ0) is 12.3. The van der Waals surface area contributed by atoms with Crippen LogP contribution in [-0.2, 0) is 14.6 Å². The van der Waals surface area contributed by atoms with E-state index in [2.05, 4.69) is 21.2 Å². The number of carbonyl (C=O) groups is 1. The maximum absolute atomic E-state index is 11.3. The Morgan fingerprint density at radius 2 is 2.12 bits per heavy atom. The Kier molecular flexibility index (Phi) is 3.93. The van der Waals surface area contributed by atoms with Crippen molar-refractivity contribution >= 4 is 43.0 Å². The highest BCUT2D eigenvalue weighted by atomic mass is 79.9. The van der Waals surface area contributed by atoms with Crippen LogP contribution < -0.4 is 11.1 Å². The van der Waals surface area contributed by atoms with Crippen LogP contribution in [0.4, 0.5) is 11.4 Å². The normalized spacial score (nSPS) is 11.1. The Bertz CT molecular complexity index is 513. The number of rotatable bonds is 3. The molecule has 0 aromatic heterocycles. The van der Waals surface area contributed by atoms with Gasteiger partial charge in [-0.1, -0.05) is 0 Å². The molecular formula is C9H11BrN2O3S. The van der Waals surface area contributed by atoms with Crippen molar-refractivity contribution in [1.29, 1.82) is 0 Å². The van der Waals surface area contributed by atoms with Crippen molar-refractivity contribution in [2.45, 2.75) is 0 Å². The molecule has 0 heterocycles. The summed E-state index contributed by atoms with van der Waals surface area (Å²) in [6.07, 6.45) is 1.00. The Morgan fingerprint density at radius 1 is 1.50 bits per heavy atom. The summed E-state index contributed by atoms with van der Waals surface area (Å²) in [6, 6.07) is 4.88. The van der Waals surface area contributed by atoms with Crippen LogP contribution in [0.3, 0.4) is 0 Å².